The number of benzene rings is 1. The predicted octanol–water partition coefficient (Wildman–Crippen LogP) is 2.83. The van der Waals surface area contributed by atoms with Crippen LogP contribution in [0.25, 0.3) is 0 Å². The average Bonchev–Trinajstić information content (AvgIpc) is 3.28. The lowest BCUT2D eigenvalue weighted by molar-refractivity contribution is -0.114. The fourth-order valence-corrected chi connectivity index (χ4v) is 3.50. The summed E-state index contributed by atoms with van der Waals surface area (Å²) in [5.74, 6) is 0.0777. The molecule has 0 saturated carbocycles. The first-order valence-corrected chi connectivity index (χ1v) is 9.48. The van der Waals surface area contributed by atoms with Crippen LogP contribution in [0.4, 0.5) is 10.8 Å². The van der Waals surface area contributed by atoms with Crippen LogP contribution in [-0.2, 0) is 4.79 Å². The molecular formula is C18H22N4O3S. The van der Waals surface area contributed by atoms with Gasteiger partial charge in [-0.2, -0.15) is 0 Å². The zero-order valence-corrected chi connectivity index (χ0v) is 15.5. The number of nitrogens with zero attached hydrogens (tertiary/aromatic N) is 2. The molecule has 26 heavy (non-hydrogen) atoms. The van der Waals surface area contributed by atoms with Crippen molar-refractivity contribution in [2.45, 2.75) is 19.8 Å². The first kappa shape index (κ1) is 18.3. The second kappa shape index (κ2) is 8.77. The quantitative estimate of drug-likeness (QED) is 0.779. The van der Waals surface area contributed by atoms with Crippen molar-refractivity contribution in [3.05, 3.63) is 35.3 Å². The zero-order valence-electron chi connectivity index (χ0n) is 14.7. The third kappa shape index (κ3) is 5.03. The van der Waals surface area contributed by atoms with Crippen LogP contribution in [0.15, 0.2) is 29.6 Å². The standard InChI is InChI=1S/C18H22N4O3S/c1-13(23)19-18-21-15(12-26-18)17(24)20-14-6-2-3-7-16(14)25-11-10-22-8-4-5-9-22/h2-3,6-7,12H,4-5,8-11H2,1H3,(H,20,24)(H,19,21,23). The zero-order chi connectivity index (χ0) is 18.4. The monoisotopic (exact) mass is 374 g/mol. The number of hydrogen-bond acceptors (Lipinski definition) is 6. The molecule has 1 aromatic carbocycles. The summed E-state index contributed by atoms with van der Waals surface area (Å²) in [6.07, 6.45) is 2.50. The highest BCUT2D eigenvalue weighted by molar-refractivity contribution is 7.14. The van der Waals surface area contributed by atoms with Gasteiger partial charge in [-0.25, -0.2) is 4.98 Å². The Labute approximate surface area is 156 Å². The molecule has 3 rings (SSSR count). The number of carbonyl (C=O) groups excluding carboxylic acids is 2. The van der Waals surface area contributed by atoms with Gasteiger partial charge in [0.2, 0.25) is 5.91 Å². The molecule has 0 aliphatic carbocycles. The number of aromatic nitrogens is 1. The van der Waals surface area contributed by atoms with Gasteiger partial charge >= 0.3 is 0 Å². The molecule has 7 nitrogen and oxygen atoms in total. The van der Waals surface area contributed by atoms with Crippen molar-refractivity contribution in [2.24, 2.45) is 0 Å². The summed E-state index contributed by atoms with van der Waals surface area (Å²) in [5.41, 5.74) is 0.860. The minimum atomic E-state index is -0.339. The van der Waals surface area contributed by atoms with E-state index in [0.29, 0.717) is 23.2 Å². The third-order valence-electron chi connectivity index (χ3n) is 4.02. The summed E-state index contributed by atoms with van der Waals surface area (Å²) in [6, 6.07) is 7.35. The number of anilines is 2. The number of rotatable bonds is 7. The van der Waals surface area contributed by atoms with E-state index in [1.165, 1.54) is 31.1 Å². The van der Waals surface area contributed by atoms with Crippen molar-refractivity contribution in [1.82, 2.24) is 9.88 Å². The van der Waals surface area contributed by atoms with Crippen LogP contribution in [0.3, 0.4) is 0 Å². The lowest BCUT2D eigenvalue weighted by Gasteiger charge is -2.16. The summed E-state index contributed by atoms with van der Waals surface area (Å²) >= 11 is 1.21. The maximum absolute atomic E-state index is 12.4. The number of amides is 2. The van der Waals surface area contributed by atoms with E-state index in [0.717, 1.165) is 19.6 Å². The maximum Gasteiger partial charge on any atom is 0.275 e. The van der Waals surface area contributed by atoms with Gasteiger partial charge < -0.3 is 15.4 Å². The number of para-hydroxylation sites is 2. The van der Waals surface area contributed by atoms with Crippen molar-refractivity contribution in [3.8, 4) is 5.75 Å². The summed E-state index contributed by atoms with van der Waals surface area (Å²) in [7, 11) is 0. The van der Waals surface area contributed by atoms with E-state index in [2.05, 4.69) is 20.5 Å². The SMILES string of the molecule is CC(=O)Nc1nc(C(=O)Nc2ccccc2OCCN2CCCC2)cs1. The van der Waals surface area contributed by atoms with E-state index >= 15 is 0 Å². The lowest BCUT2D eigenvalue weighted by Crippen LogP contribution is -2.25. The van der Waals surface area contributed by atoms with Crippen LogP contribution in [0, 0.1) is 0 Å². The molecule has 0 atom stereocenters. The number of hydrogen-bond donors (Lipinski definition) is 2. The van der Waals surface area contributed by atoms with Gasteiger partial charge in [-0.05, 0) is 38.1 Å². The highest BCUT2D eigenvalue weighted by Gasteiger charge is 2.15. The molecular weight excluding hydrogens is 352 g/mol. The molecule has 0 unspecified atom stereocenters. The summed E-state index contributed by atoms with van der Waals surface area (Å²) in [4.78, 5) is 30.0. The van der Waals surface area contributed by atoms with E-state index < -0.39 is 0 Å². The van der Waals surface area contributed by atoms with Crippen LogP contribution in [0.2, 0.25) is 0 Å². The third-order valence-corrected chi connectivity index (χ3v) is 4.78. The van der Waals surface area contributed by atoms with Crippen LogP contribution in [0.5, 0.6) is 5.75 Å². The molecule has 2 N–H and O–H groups in total. The van der Waals surface area contributed by atoms with E-state index in [1.54, 1.807) is 11.4 Å². The Morgan fingerprint density at radius 2 is 2.00 bits per heavy atom. The number of likely N-dealkylation sites (tertiary alicyclic amines) is 1. The Kier molecular flexibility index (Phi) is 6.19. The van der Waals surface area contributed by atoms with Gasteiger partial charge in [-0.15, -0.1) is 11.3 Å². The van der Waals surface area contributed by atoms with Gasteiger partial charge in [0.25, 0.3) is 5.91 Å². The summed E-state index contributed by atoms with van der Waals surface area (Å²) < 4.78 is 5.86. The molecule has 0 radical (unpaired) electrons. The minimum absolute atomic E-state index is 0.219. The van der Waals surface area contributed by atoms with E-state index in [-0.39, 0.29) is 17.5 Å². The highest BCUT2D eigenvalue weighted by Crippen LogP contribution is 2.25. The molecule has 1 saturated heterocycles. The molecule has 8 heteroatoms. The van der Waals surface area contributed by atoms with Gasteiger partial charge in [0.15, 0.2) is 5.13 Å². The number of carbonyl (C=O) groups is 2. The fraction of sp³-hybridized carbons (Fsp3) is 0.389. The Morgan fingerprint density at radius 3 is 2.77 bits per heavy atom. The molecule has 1 fully saturated rings. The van der Waals surface area contributed by atoms with Gasteiger partial charge in [0.1, 0.15) is 18.1 Å². The van der Waals surface area contributed by atoms with E-state index in [9.17, 15) is 9.59 Å². The molecule has 1 aliphatic rings. The molecule has 0 bridgehead atoms. The molecule has 2 amide bonds. The van der Waals surface area contributed by atoms with Crippen molar-refractivity contribution in [3.63, 3.8) is 0 Å². The molecule has 138 valence electrons. The fourth-order valence-electron chi connectivity index (χ4n) is 2.76. The second-order valence-electron chi connectivity index (χ2n) is 6.07. The lowest BCUT2D eigenvalue weighted by atomic mass is 10.3. The maximum atomic E-state index is 12.4. The average molecular weight is 374 g/mol. The van der Waals surface area contributed by atoms with Gasteiger partial charge in [0, 0.05) is 18.8 Å². The minimum Gasteiger partial charge on any atom is -0.490 e. The molecule has 2 aromatic rings. The van der Waals surface area contributed by atoms with Gasteiger partial charge in [0.05, 0.1) is 5.69 Å². The molecule has 2 heterocycles. The van der Waals surface area contributed by atoms with E-state index in [1.807, 2.05) is 18.2 Å². The number of ether oxygens (including phenoxy) is 1. The van der Waals surface area contributed by atoms with Crippen molar-refractivity contribution >= 4 is 34.0 Å². The topological polar surface area (TPSA) is 83.6 Å². The first-order valence-electron chi connectivity index (χ1n) is 8.60. The van der Waals surface area contributed by atoms with Crippen LogP contribution in [0.1, 0.15) is 30.3 Å². The normalized spacial score (nSPS) is 14.2. The first-order chi connectivity index (χ1) is 12.6. The van der Waals surface area contributed by atoms with Crippen molar-refractivity contribution < 1.29 is 14.3 Å². The smallest absolute Gasteiger partial charge is 0.275 e. The Hall–Kier alpha value is -2.45. The summed E-state index contributed by atoms with van der Waals surface area (Å²) in [6.45, 7) is 5.12. The second-order valence-corrected chi connectivity index (χ2v) is 6.92. The molecule has 1 aliphatic heterocycles. The van der Waals surface area contributed by atoms with Crippen LogP contribution >= 0.6 is 11.3 Å². The van der Waals surface area contributed by atoms with Crippen molar-refractivity contribution in [2.75, 3.05) is 36.9 Å². The van der Waals surface area contributed by atoms with Crippen LogP contribution in [-0.4, -0.2) is 47.9 Å². The Morgan fingerprint density at radius 1 is 1.23 bits per heavy atom. The van der Waals surface area contributed by atoms with Gasteiger partial charge in [-0.1, -0.05) is 12.1 Å². The highest BCUT2D eigenvalue weighted by atomic mass is 32.1. The number of thiazole rings is 1. The van der Waals surface area contributed by atoms with Gasteiger partial charge in [-0.3, -0.25) is 14.5 Å². The van der Waals surface area contributed by atoms with Crippen LogP contribution < -0.4 is 15.4 Å². The number of nitrogens with one attached hydrogen (secondary N) is 2. The van der Waals surface area contributed by atoms with Crippen molar-refractivity contribution in [1.29, 1.82) is 0 Å². The summed E-state index contributed by atoms with van der Waals surface area (Å²) in [5, 5.41) is 7.40. The molecule has 1 aromatic heterocycles. The predicted molar refractivity (Wildman–Crippen MR) is 102 cm³/mol. The molecule has 0 spiro atoms. The Balaban J connectivity index is 1.59. The Bertz CT molecular complexity index is 771. The largest absolute Gasteiger partial charge is 0.490 e. The van der Waals surface area contributed by atoms with E-state index in [4.69, 9.17) is 4.74 Å².